The summed E-state index contributed by atoms with van der Waals surface area (Å²) in [5, 5.41) is 7.08. The number of aromatic nitrogens is 2. The molecule has 132 valence electrons. The first-order valence-corrected chi connectivity index (χ1v) is 8.02. The van der Waals surface area contributed by atoms with E-state index in [0.717, 1.165) is 11.3 Å². The molecule has 26 heavy (non-hydrogen) atoms. The molecule has 3 aromatic rings. The van der Waals surface area contributed by atoms with Crippen molar-refractivity contribution >= 4 is 17.8 Å². The molecule has 1 N–H and O–H groups in total. The number of nitrogens with one attached hydrogen (secondary N) is 1. The Kier molecular flexibility index (Phi) is 5.34. The van der Waals surface area contributed by atoms with E-state index < -0.39 is 0 Å². The van der Waals surface area contributed by atoms with Gasteiger partial charge in [0.05, 0.1) is 19.9 Å². The van der Waals surface area contributed by atoms with Crippen molar-refractivity contribution in [3.05, 3.63) is 72.4 Å². The highest BCUT2D eigenvalue weighted by molar-refractivity contribution is 6.01. The van der Waals surface area contributed by atoms with Crippen LogP contribution in [0.1, 0.15) is 5.56 Å². The van der Waals surface area contributed by atoms with Gasteiger partial charge in [-0.2, -0.15) is 5.10 Å². The fourth-order valence-electron chi connectivity index (χ4n) is 2.41. The van der Waals surface area contributed by atoms with Gasteiger partial charge in [0.1, 0.15) is 0 Å². The summed E-state index contributed by atoms with van der Waals surface area (Å²) in [4.78, 5) is 12.1. The van der Waals surface area contributed by atoms with Gasteiger partial charge in [-0.25, -0.2) is 4.68 Å². The second kappa shape index (κ2) is 8.02. The number of carbonyl (C=O) groups excluding carboxylic acids is 1. The summed E-state index contributed by atoms with van der Waals surface area (Å²) in [6.07, 6.45) is 4.94. The lowest BCUT2D eigenvalue weighted by Gasteiger charge is -2.07. The number of para-hydroxylation sites is 1. The van der Waals surface area contributed by atoms with Crippen molar-refractivity contribution in [2.45, 2.75) is 0 Å². The van der Waals surface area contributed by atoms with E-state index in [1.54, 1.807) is 49.4 Å². The van der Waals surface area contributed by atoms with Crippen LogP contribution in [0.2, 0.25) is 0 Å². The van der Waals surface area contributed by atoms with E-state index in [-0.39, 0.29) is 5.91 Å². The first-order chi connectivity index (χ1) is 12.7. The van der Waals surface area contributed by atoms with Gasteiger partial charge in [0.15, 0.2) is 17.3 Å². The van der Waals surface area contributed by atoms with Gasteiger partial charge in [-0.05, 0) is 35.9 Å². The molecule has 0 radical (unpaired) electrons. The van der Waals surface area contributed by atoms with Crippen LogP contribution >= 0.6 is 0 Å². The minimum absolute atomic E-state index is 0.266. The molecule has 1 aromatic heterocycles. The average molecular weight is 349 g/mol. The van der Waals surface area contributed by atoms with Gasteiger partial charge in [-0.3, -0.25) is 4.79 Å². The molecule has 0 aliphatic carbocycles. The molecule has 0 bridgehead atoms. The van der Waals surface area contributed by atoms with E-state index in [1.807, 2.05) is 36.4 Å². The van der Waals surface area contributed by atoms with Crippen molar-refractivity contribution in [2.24, 2.45) is 0 Å². The molecule has 0 aliphatic rings. The Hall–Kier alpha value is -3.54. The number of hydrogen-bond donors (Lipinski definition) is 1. The highest BCUT2D eigenvalue weighted by atomic mass is 16.5. The number of rotatable bonds is 6. The van der Waals surface area contributed by atoms with Crippen LogP contribution in [-0.4, -0.2) is 29.9 Å². The zero-order chi connectivity index (χ0) is 18.4. The summed E-state index contributed by atoms with van der Waals surface area (Å²) >= 11 is 0. The molecule has 2 aromatic carbocycles. The van der Waals surface area contributed by atoms with Crippen LogP contribution in [0.5, 0.6) is 11.5 Å². The van der Waals surface area contributed by atoms with Crippen LogP contribution in [0.4, 0.5) is 5.82 Å². The van der Waals surface area contributed by atoms with Crippen molar-refractivity contribution in [3.63, 3.8) is 0 Å². The maximum Gasteiger partial charge on any atom is 0.249 e. The lowest BCUT2D eigenvalue weighted by Crippen LogP contribution is -2.08. The predicted octanol–water partition coefficient (Wildman–Crippen LogP) is 3.54. The maximum absolute atomic E-state index is 12.1. The minimum Gasteiger partial charge on any atom is -0.493 e. The number of amides is 1. The Labute approximate surface area is 151 Å². The summed E-state index contributed by atoms with van der Waals surface area (Å²) in [6, 6.07) is 16.9. The molecule has 6 heteroatoms. The Morgan fingerprint density at radius 2 is 1.81 bits per heavy atom. The molecular formula is C20H19N3O3. The molecule has 1 heterocycles. The maximum atomic E-state index is 12.1. The van der Waals surface area contributed by atoms with Gasteiger partial charge in [0.25, 0.3) is 0 Å². The quantitative estimate of drug-likeness (QED) is 0.691. The molecule has 3 rings (SSSR count). The topological polar surface area (TPSA) is 65.4 Å². The van der Waals surface area contributed by atoms with E-state index in [9.17, 15) is 4.79 Å². The largest absolute Gasteiger partial charge is 0.493 e. The van der Waals surface area contributed by atoms with Crippen molar-refractivity contribution in [1.82, 2.24) is 9.78 Å². The Morgan fingerprint density at radius 1 is 1.04 bits per heavy atom. The minimum atomic E-state index is -0.266. The summed E-state index contributed by atoms with van der Waals surface area (Å²) in [5.41, 5.74) is 1.75. The molecule has 6 nitrogen and oxygen atoms in total. The zero-order valence-corrected chi connectivity index (χ0v) is 14.5. The van der Waals surface area contributed by atoms with E-state index in [2.05, 4.69) is 10.4 Å². The Bertz CT molecular complexity index is 917. The molecule has 0 saturated heterocycles. The molecular weight excluding hydrogens is 330 g/mol. The number of benzene rings is 2. The predicted molar refractivity (Wildman–Crippen MR) is 101 cm³/mol. The average Bonchev–Trinajstić information content (AvgIpc) is 3.15. The van der Waals surface area contributed by atoms with Gasteiger partial charge in [-0.1, -0.05) is 24.3 Å². The molecule has 1 amide bonds. The molecule has 0 fully saturated rings. The number of nitrogens with zero attached hydrogens (tertiary/aromatic N) is 2. The van der Waals surface area contributed by atoms with Gasteiger partial charge in [0.2, 0.25) is 5.91 Å². The van der Waals surface area contributed by atoms with Crippen LogP contribution in [0.3, 0.4) is 0 Å². The van der Waals surface area contributed by atoms with Crippen molar-refractivity contribution < 1.29 is 14.3 Å². The third-order valence-corrected chi connectivity index (χ3v) is 3.70. The van der Waals surface area contributed by atoms with E-state index >= 15 is 0 Å². The van der Waals surface area contributed by atoms with Gasteiger partial charge in [0, 0.05) is 18.3 Å². The fourth-order valence-corrected chi connectivity index (χ4v) is 2.41. The molecule has 0 aliphatic heterocycles. The standard InChI is InChI=1S/C20H19N3O3/c1-25-17-10-8-15(14-18(17)26-2)9-11-20(24)21-19-12-13-23(22-19)16-6-4-3-5-7-16/h3-14H,1-2H3,(H,21,22,24)/b11-9+. The molecule has 0 saturated carbocycles. The van der Waals surface area contributed by atoms with Crippen molar-refractivity contribution in [2.75, 3.05) is 19.5 Å². The highest BCUT2D eigenvalue weighted by Crippen LogP contribution is 2.27. The monoisotopic (exact) mass is 349 g/mol. The van der Waals surface area contributed by atoms with Crippen LogP contribution in [0, 0.1) is 0 Å². The second-order valence-corrected chi connectivity index (χ2v) is 5.42. The van der Waals surface area contributed by atoms with Crippen molar-refractivity contribution in [3.8, 4) is 17.2 Å². The summed E-state index contributed by atoms with van der Waals surface area (Å²) in [7, 11) is 3.15. The van der Waals surface area contributed by atoms with Crippen LogP contribution in [-0.2, 0) is 4.79 Å². The molecule has 0 atom stereocenters. The Balaban J connectivity index is 1.66. The van der Waals surface area contributed by atoms with Gasteiger partial charge >= 0.3 is 0 Å². The zero-order valence-electron chi connectivity index (χ0n) is 14.5. The van der Waals surface area contributed by atoms with Crippen molar-refractivity contribution in [1.29, 1.82) is 0 Å². The smallest absolute Gasteiger partial charge is 0.249 e. The lowest BCUT2D eigenvalue weighted by atomic mass is 10.2. The van der Waals surface area contributed by atoms with E-state index in [1.165, 1.54) is 6.08 Å². The summed E-state index contributed by atoms with van der Waals surface area (Å²) in [5.74, 6) is 1.46. The SMILES string of the molecule is COc1ccc(/C=C/C(=O)Nc2ccn(-c3ccccc3)n2)cc1OC. The lowest BCUT2D eigenvalue weighted by molar-refractivity contribution is -0.111. The van der Waals surface area contributed by atoms with E-state index in [0.29, 0.717) is 17.3 Å². The van der Waals surface area contributed by atoms with Crippen LogP contribution in [0.25, 0.3) is 11.8 Å². The van der Waals surface area contributed by atoms with Gasteiger partial charge in [-0.15, -0.1) is 0 Å². The summed E-state index contributed by atoms with van der Waals surface area (Å²) in [6.45, 7) is 0. The van der Waals surface area contributed by atoms with Gasteiger partial charge < -0.3 is 14.8 Å². The number of ether oxygens (including phenoxy) is 2. The number of anilines is 1. The first kappa shape index (κ1) is 17.3. The molecule has 0 unspecified atom stereocenters. The Morgan fingerprint density at radius 3 is 2.54 bits per heavy atom. The van der Waals surface area contributed by atoms with E-state index in [4.69, 9.17) is 9.47 Å². The number of methoxy groups -OCH3 is 2. The fraction of sp³-hybridized carbons (Fsp3) is 0.100. The first-order valence-electron chi connectivity index (χ1n) is 8.02. The normalized spacial score (nSPS) is 10.7. The summed E-state index contributed by atoms with van der Waals surface area (Å²) < 4.78 is 12.1. The number of hydrogen-bond acceptors (Lipinski definition) is 4. The van der Waals surface area contributed by atoms with Crippen LogP contribution < -0.4 is 14.8 Å². The highest BCUT2D eigenvalue weighted by Gasteiger charge is 2.05. The van der Waals surface area contributed by atoms with Crippen LogP contribution in [0.15, 0.2) is 66.9 Å². The number of carbonyl (C=O) groups is 1. The second-order valence-electron chi connectivity index (χ2n) is 5.42. The third kappa shape index (κ3) is 4.10. The third-order valence-electron chi connectivity index (χ3n) is 3.70. The molecule has 0 spiro atoms.